The van der Waals surface area contributed by atoms with Gasteiger partial charge in [-0.25, -0.2) is 9.97 Å². The summed E-state index contributed by atoms with van der Waals surface area (Å²) in [7, 11) is 1.71. The molecule has 4 rings (SSSR count). The molecule has 2 aliphatic heterocycles. The number of anilines is 1. The highest BCUT2D eigenvalue weighted by Gasteiger charge is 2.32. The Morgan fingerprint density at radius 2 is 1.75 bits per heavy atom. The van der Waals surface area contributed by atoms with E-state index in [-0.39, 0.29) is 17.7 Å². The lowest BCUT2D eigenvalue weighted by atomic mass is 9.93. The van der Waals surface area contributed by atoms with Crippen molar-refractivity contribution >= 4 is 40.8 Å². The number of hydrogen-bond donors (Lipinski definition) is 2. The third-order valence-electron chi connectivity index (χ3n) is 7.39. The van der Waals surface area contributed by atoms with Gasteiger partial charge in [-0.2, -0.15) is 0 Å². The summed E-state index contributed by atoms with van der Waals surface area (Å²) in [6, 6.07) is 6.07. The number of rotatable bonds is 7. The zero-order chi connectivity index (χ0) is 25.7. The number of halogens is 2. The maximum Gasteiger partial charge on any atom is 0.272 e. The zero-order valence-electron chi connectivity index (χ0n) is 20.9. The van der Waals surface area contributed by atoms with Crippen molar-refractivity contribution in [3.05, 3.63) is 51.4 Å². The molecule has 36 heavy (non-hydrogen) atoms. The molecule has 2 N–H and O–H groups in total. The molecule has 194 valence electrons. The predicted molar refractivity (Wildman–Crippen MR) is 143 cm³/mol. The molecule has 0 atom stereocenters. The van der Waals surface area contributed by atoms with Crippen molar-refractivity contribution < 1.29 is 9.59 Å². The van der Waals surface area contributed by atoms with Crippen molar-refractivity contribution in [2.24, 2.45) is 5.92 Å². The topological polar surface area (TPSA) is 90.5 Å². The van der Waals surface area contributed by atoms with Crippen molar-refractivity contribution in [3.8, 4) is 0 Å². The van der Waals surface area contributed by atoms with E-state index in [4.69, 9.17) is 23.2 Å². The molecule has 2 fully saturated rings. The van der Waals surface area contributed by atoms with Crippen LogP contribution < -0.4 is 10.6 Å². The molecule has 2 amide bonds. The van der Waals surface area contributed by atoms with Crippen LogP contribution in [0.25, 0.3) is 0 Å². The van der Waals surface area contributed by atoms with Crippen LogP contribution >= 0.6 is 23.2 Å². The van der Waals surface area contributed by atoms with Gasteiger partial charge >= 0.3 is 0 Å². The Balaban J connectivity index is 1.29. The van der Waals surface area contributed by atoms with Gasteiger partial charge < -0.3 is 20.4 Å². The van der Waals surface area contributed by atoms with Gasteiger partial charge in [0.05, 0.1) is 10.0 Å². The van der Waals surface area contributed by atoms with E-state index in [1.165, 1.54) is 6.33 Å². The fourth-order valence-electron chi connectivity index (χ4n) is 5.18. The Bertz CT molecular complexity index is 1080. The van der Waals surface area contributed by atoms with Crippen LogP contribution in [-0.4, -0.2) is 77.4 Å². The fourth-order valence-corrected chi connectivity index (χ4v) is 5.50. The van der Waals surface area contributed by atoms with Gasteiger partial charge in [0.1, 0.15) is 17.8 Å². The summed E-state index contributed by atoms with van der Waals surface area (Å²) in [5.41, 5.74) is 2.28. The van der Waals surface area contributed by atoms with Gasteiger partial charge in [0, 0.05) is 44.2 Å². The number of likely N-dealkylation sites (tertiary alicyclic amines) is 2. The lowest BCUT2D eigenvalue weighted by Gasteiger charge is -2.41. The molecule has 2 aromatic rings. The molecule has 3 heterocycles. The van der Waals surface area contributed by atoms with Crippen molar-refractivity contribution in [2.75, 3.05) is 45.1 Å². The number of nitrogens with one attached hydrogen (secondary N) is 2. The molecule has 8 nitrogen and oxygen atoms in total. The van der Waals surface area contributed by atoms with Crippen LogP contribution in [0.1, 0.15) is 47.3 Å². The summed E-state index contributed by atoms with van der Waals surface area (Å²) in [6.45, 7) is 5.84. The van der Waals surface area contributed by atoms with Crippen molar-refractivity contribution in [1.29, 1.82) is 0 Å². The Morgan fingerprint density at radius 3 is 2.42 bits per heavy atom. The molecule has 2 aliphatic rings. The first-order valence-electron chi connectivity index (χ1n) is 12.6. The van der Waals surface area contributed by atoms with Gasteiger partial charge in [0.2, 0.25) is 5.91 Å². The highest BCUT2D eigenvalue weighted by atomic mass is 35.5. The second-order valence-corrected chi connectivity index (χ2v) is 10.4. The van der Waals surface area contributed by atoms with E-state index in [1.807, 2.05) is 24.0 Å². The average molecular weight is 534 g/mol. The van der Waals surface area contributed by atoms with E-state index in [0.717, 1.165) is 56.3 Å². The minimum Gasteiger partial charge on any atom is -0.369 e. The molecule has 0 aliphatic carbocycles. The van der Waals surface area contributed by atoms with Crippen LogP contribution in [0.4, 0.5) is 5.82 Å². The Morgan fingerprint density at radius 1 is 1.03 bits per heavy atom. The van der Waals surface area contributed by atoms with Gasteiger partial charge in [-0.05, 0) is 69.8 Å². The lowest BCUT2D eigenvalue weighted by molar-refractivity contribution is -0.126. The number of benzene rings is 1. The number of aromatic nitrogens is 2. The molecular formula is C26H34Cl2N6O2. The first kappa shape index (κ1) is 26.6. The Labute approximate surface area is 222 Å². The number of hydrogen-bond acceptors (Lipinski definition) is 6. The summed E-state index contributed by atoms with van der Waals surface area (Å²) in [5.74, 6) is 0.903. The first-order chi connectivity index (χ1) is 17.4. The van der Waals surface area contributed by atoms with Crippen LogP contribution in [-0.2, 0) is 11.2 Å². The second kappa shape index (κ2) is 12.2. The highest BCUT2D eigenvalue weighted by molar-refractivity contribution is 6.42. The number of amides is 2. The zero-order valence-corrected chi connectivity index (χ0v) is 22.4. The van der Waals surface area contributed by atoms with Gasteiger partial charge in [0.25, 0.3) is 5.91 Å². The van der Waals surface area contributed by atoms with Crippen molar-refractivity contribution in [2.45, 2.75) is 45.1 Å². The van der Waals surface area contributed by atoms with Gasteiger partial charge in [-0.15, -0.1) is 0 Å². The smallest absolute Gasteiger partial charge is 0.272 e. The van der Waals surface area contributed by atoms with Crippen LogP contribution in [0.5, 0.6) is 0 Å². The summed E-state index contributed by atoms with van der Waals surface area (Å²) in [6.07, 6.45) is 5.88. The summed E-state index contributed by atoms with van der Waals surface area (Å²) in [4.78, 5) is 38.3. The lowest BCUT2D eigenvalue weighted by Crippen LogP contribution is -2.50. The Kier molecular flexibility index (Phi) is 9.04. The van der Waals surface area contributed by atoms with Crippen LogP contribution in [0.15, 0.2) is 24.5 Å². The molecule has 0 saturated carbocycles. The third kappa shape index (κ3) is 6.28. The predicted octanol–water partition coefficient (Wildman–Crippen LogP) is 3.81. The van der Waals surface area contributed by atoms with Crippen LogP contribution in [0.2, 0.25) is 10.0 Å². The van der Waals surface area contributed by atoms with E-state index in [9.17, 15) is 9.59 Å². The summed E-state index contributed by atoms with van der Waals surface area (Å²) < 4.78 is 0. The largest absolute Gasteiger partial charge is 0.369 e. The van der Waals surface area contributed by atoms with Crippen molar-refractivity contribution in [1.82, 2.24) is 25.1 Å². The number of nitrogens with zero attached hydrogens (tertiary/aromatic N) is 4. The molecule has 0 bridgehead atoms. The Hall–Kier alpha value is -2.42. The monoisotopic (exact) mass is 532 g/mol. The van der Waals surface area contributed by atoms with Gasteiger partial charge in [-0.3, -0.25) is 9.59 Å². The number of carbonyl (C=O) groups is 2. The third-order valence-corrected chi connectivity index (χ3v) is 8.13. The average Bonchev–Trinajstić information content (AvgIpc) is 2.91. The molecule has 0 spiro atoms. The standard InChI is InChI=1S/C26H34Cl2N6O2/c1-17-23(31-16-32-24(17)30-10-5-18-3-4-21(27)22(28)15-18)26(36)34-13-8-20(9-14-34)33-11-6-19(7-12-33)25(35)29-2/h3-4,15-16,19-20H,5-14H2,1-2H3,(H,29,35)(H,30,31,32). The SMILES string of the molecule is CNC(=O)C1CCN(C2CCN(C(=O)c3ncnc(NCCc4ccc(Cl)c(Cl)c4)c3C)CC2)CC1. The molecule has 10 heteroatoms. The molecule has 1 aromatic heterocycles. The molecule has 0 radical (unpaired) electrons. The number of piperidine rings is 2. The van der Waals surface area contributed by atoms with Crippen molar-refractivity contribution in [3.63, 3.8) is 0 Å². The second-order valence-electron chi connectivity index (χ2n) is 9.57. The van der Waals surface area contributed by atoms with Gasteiger partial charge in [0.15, 0.2) is 0 Å². The molecule has 1 aromatic carbocycles. The van der Waals surface area contributed by atoms with E-state index in [1.54, 1.807) is 13.1 Å². The van der Waals surface area contributed by atoms with Crippen LogP contribution in [0, 0.1) is 12.8 Å². The van der Waals surface area contributed by atoms with E-state index < -0.39 is 0 Å². The molecular weight excluding hydrogens is 499 g/mol. The van der Waals surface area contributed by atoms with E-state index in [2.05, 4.69) is 25.5 Å². The maximum atomic E-state index is 13.3. The fraction of sp³-hybridized carbons (Fsp3) is 0.538. The maximum absolute atomic E-state index is 13.3. The number of carbonyl (C=O) groups excluding carboxylic acids is 2. The van der Waals surface area contributed by atoms with E-state index >= 15 is 0 Å². The molecule has 0 unspecified atom stereocenters. The van der Waals surface area contributed by atoms with Crippen LogP contribution in [0.3, 0.4) is 0 Å². The first-order valence-corrected chi connectivity index (χ1v) is 13.4. The quantitative estimate of drug-likeness (QED) is 0.563. The molecule has 2 saturated heterocycles. The van der Waals surface area contributed by atoms with E-state index in [0.29, 0.717) is 47.2 Å². The minimum atomic E-state index is -0.0424. The van der Waals surface area contributed by atoms with Gasteiger partial charge in [-0.1, -0.05) is 29.3 Å². The highest BCUT2D eigenvalue weighted by Crippen LogP contribution is 2.26. The normalized spacial score (nSPS) is 17.7. The minimum absolute atomic E-state index is 0.0424. The summed E-state index contributed by atoms with van der Waals surface area (Å²) >= 11 is 12.1. The summed E-state index contributed by atoms with van der Waals surface area (Å²) in [5, 5.41) is 7.17.